The number of halogens is 3. The molecule has 5 nitrogen and oxygen atoms in total. The molecule has 0 amide bonds. The van der Waals surface area contributed by atoms with E-state index in [-0.39, 0.29) is 19.1 Å². The zero-order chi connectivity index (χ0) is 15.5. The number of rotatable bonds is 6. The average molecular weight is 320 g/mol. The van der Waals surface area contributed by atoms with Crippen molar-refractivity contribution in [3.8, 4) is 0 Å². The van der Waals surface area contributed by atoms with Crippen LogP contribution in [-0.2, 0) is 11.2 Å². The Kier molecular flexibility index (Phi) is 4.84. The lowest BCUT2D eigenvalue weighted by molar-refractivity contribution is -0.172. The number of nitrogens with one attached hydrogen (secondary N) is 1. The van der Waals surface area contributed by atoms with Gasteiger partial charge in [-0.2, -0.15) is 18.2 Å². The van der Waals surface area contributed by atoms with Gasteiger partial charge in [0.1, 0.15) is 17.3 Å². The van der Waals surface area contributed by atoms with Crippen LogP contribution in [0.25, 0.3) is 10.2 Å². The van der Waals surface area contributed by atoms with Gasteiger partial charge >= 0.3 is 6.18 Å². The molecule has 2 heterocycles. The molecule has 3 N–H and O–H groups in total. The predicted octanol–water partition coefficient (Wildman–Crippen LogP) is 2.83. The maximum absolute atomic E-state index is 11.9. The molecule has 0 spiro atoms. The quantitative estimate of drug-likeness (QED) is 0.801. The highest BCUT2D eigenvalue weighted by Gasteiger charge is 2.27. The largest absolute Gasteiger partial charge is 0.411 e. The zero-order valence-corrected chi connectivity index (χ0v) is 12.1. The molecule has 0 aromatic carbocycles. The molecule has 21 heavy (non-hydrogen) atoms. The first-order valence-corrected chi connectivity index (χ1v) is 7.15. The second-order valence-corrected chi connectivity index (χ2v) is 5.43. The number of hydrogen-bond acceptors (Lipinski definition) is 6. The number of anilines is 2. The number of nitrogens with two attached hydrogens (primary N) is 1. The highest BCUT2D eigenvalue weighted by atomic mass is 32.1. The SMILES string of the molecule is CCc1cc2c(NCCOCC(F)(F)F)nc(N)nc2s1. The first kappa shape index (κ1) is 15.8. The van der Waals surface area contributed by atoms with Gasteiger partial charge in [0.15, 0.2) is 0 Å². The van der Waals surface area contributed by atoms with Gasteiger partial charge in [0, 0.05) is 11.4 Å². The van der Waals surface area contributed by atoms with E-state index in [0.717, 1.165) is 21.5 Å². The van der Waals surface area contributed by atoms with Gasteiger partial charge in [-0.05, 0) is 12.5 Å². The molecule has 116 valence electrons. The van der Waals surface area contributed by atoms with Crippen molar-refractivity contribution in [2.75, 3.05) is 30.8 Å². The fourth-order valence-electron chi connectivity index (χ4n) is 1.73. The van der Waals surface area contributed by atoms with Crippen molar-refractivity contribution >= 4 is 33.3 Å². The maximum Gasteiger partial charge on any atom is 0.411 e. The molecule has 0 saturated carbocycles. The van der Waals surface area contributed by atoms with Gasteiger partial charge in [-0.1, -0.05) is 6.92 Å². The summed E-state index contributed by atoms with van der Waals surface area (Å²) in [5, 5.41) is 3.76. The lowest BCUT2D eigenvalue weighted by atomic mass is 10.3. The molecule has 0 radical (unpaired) electrons. The third kappa shape index (κ3) is 4.43. The van der Waals surface area contributed by atoms with Crippen LogP contribution in [0.4, 0.5) is 24.9 Å². The van der Waals surface area contributed by atoms with Crippen molar-refractivity contribution in [1.29, 1.82) is 0 Å². The Bertz CT molecular complexity index is 614. The number of hydrogen-bond donors (Lipinski definition) is 2. The highest BCUT2D eigenvalue weighted by molar-refractivity contribution is 7.18. The molecule has 9 heteroatoms. The number of aryl methyl sites for hydroxylation is 1. The Morgan fingerprint density at radius 1 is 1.38 bits per heavy atom. The summed E-state index contributed by atoms with van der Waals surface area (Å²) in [6.45, 7) is 0.905. The van der Waals surface area contributed by atoms with E-state index in [4.69, 9.17) is 5.73 Å². The normalized spacial score (nSPS) is 12.0. The lowest BCUT2D eigenvalue weighted by Gasteiger charge is -2.09. The molecule has 2 aromatic rings. The number of thiophene rings is 1. The molecule has 2 rings (SSSR count). The fourth-order valence-corrected chi connectivity index (χ4v) is 2.70. The highest BCUT2D eigenvalue weighted by Crippen LogP contribution is 2.29. The monoisotopic (exact) mass is 320 g/mol. The van der Waals surface area contributed by atoms with E-state index >= 15 is 0 Å². The third-order valence-electron chi connectivity index (χ3n) is 2.61. The van der Waals surface area contributed by atoms with Crippen LogP contribution in [0.15, 0.2) is 6.07 Å². The first-order valence-electron chi connectivity index (χ1n) is 6.33. The van der Waals surface area contributed by atoms with E-state index in [0.29, 0.717) is 5.82 Å². The second kappa shape index (κ2) is 6.44. The molecule has 0 atom stereocenters. The van der Waals surface area contributed by atoms with Gasteiger partial charge in [0.2, 0.25) is 5.95 Å². The smallest absolute Gasteiger partial charge is 0.370 e. The Morgan fingerprint density at radius 2 is 2.14 bits per heavy atom. The minimum Gasteiger partial charge on any atom is -0.370 e. The second-order valence-electron chi connectivity index (χ2n) is 4.31. The van der Waals surface area contributed by atoms with Crippen LogP contribution in [0.1, 0.15) is 11.8 Å². The summed E-state index contributed by atoms with van der Waals surface area (Å²) < 4.78 is 40.3. The van der Waals surface area contributed by atoms with E-state index < -0.39 is 12.8 Å². The summed E-state index contributed by atoms with van der Waals surface area (Å²) in [6, 6.07) is 1.96. The van der Waals surface area contributed by atoms with Crippen molar-refractivity contribution < 1.29 is 17.9 Å². The Morgan fingerprint density at radius 3 is 2.81 bits per heavy atom. The van der Waals surface area contributed by atoms with Gasteiger partial charge in [0.25, 0.3) is 0 Å². The molecule has 0 aliphatic rings. The standard InChI is InChI=1S/C12H15F3N4OS/c1-2-7-5-8-9(18-11(16)19-10(8)21-7)17-3-4-20-6-12(13,14)15/h5H,2-4,6H2,1H3,(H3,16,17,18,19). The average Bonchev–Trinajstić information content (AvgIpc) is 2.79. The number of aromatic nitrogens is 2. The van der Waals surface area contributed by atoms with Gasteiger partial charge in [0.05, 0.1) is 12.0 Å². The molecule has 0 aliphatic carbocycles. The summed E-state index contributed by atoms with van der Waals surface area (Å²) in [6.07, 6.45) is -3.44. The predicted molar refractivity (Wildman–Crippen MR) is 76.6 cm³/mol. The number of alkyl halides is 3. The minimum atomic E-state index is -4.31. The van der Waals surface area contributed by atoms with E-state index in [1.807, 2.05) is 13.0 Å². The van der Waals surface area contributed by atoms with Crippen molar-refractivity contribution in [3.63, 3.8) is 0 Å². The van der Waals surface area contributed by atoms with E-state index in [9.17, 15) is 13.2 Å². The molecule has 0 bridgehead atoms. The number of fused-ring (bicyclic) bond motifs is 1. The summed E-state index contributed by atoms with van der Waals surface area (Å²) >= 11 is 1.52. The van der Waals surface area contributed by atoms with Gasteiger partial charge in [-0.15, -0.1) is 11.3 Å². The van der Waals surface area contributed by atoms with Crippen LogP contribution < -0.4 is 11.1 Å². The lowest BCUT2D eigenvalue weighted by Crippen LogP contribution is -2.20. The molecule has 2 aromatic heterocycles. The first-order chi connectivity index (χ1) is 9.89. The molecule has 0 saturated heterocycles. The van der Waals surface area contributed by atoms with Crippen LogP contribution in [0.3, 0.4) is 0 Å². The van der Waals surface area contributed by atoms with Crippen LogP contribution in [-0.4, -0.2) is 35.9 Å². The fraction of sp³-hybridized carbons (Fsp3) is 0.500. The van der Waals surface area contributed by atoms with E-state index in [1.54, 1.807) is 0 Å². The van der Waals surface area contributed by atoms with E-state index in [2.05, 4.69) is 20.0 Å². The van der Waals surface area contributed by atoms with Gasteiger partial charge in [-0.3, -0.25) is 0 Å². The molecular formula is C12H15F3N4OS. The summed E-state index contributed by atoms with van der Waals surface area (Å²) in [4.78, 5) is 10.1. The van der Waals surface area contributed by atoms with Crippen molar-refractivity contribution in [2.45, 2.75) is 19.5 Å². The van der Waals surface area contributed by atoms with Crippen LogP contribution in [0.2, 0.25) is 0 Å². The minimum absolute atomic E-state index is 0.0737. The van der Waals surface area contributed by atoms with Crippen molar-refractivity contribution in [2.24, 2.45) is 0 Å². The van der Waals surface area contributed by atoms with Crippen LogP contribution in [0, 0.1) is 0 Å². The van der Waals surface area contributed by atoms with E-state index in [1.165, 1.54) is 11.3 Å². The Labute approximate surface area is 123 Å². The number of nitrogen functional groups attached to an aromatic ring is 1. The summed E-state index contributed by atoms with van der Waals surface area (Å²) in [5.41, 5.74) is 5.63. The van der Waals surface area contributed by atoms with Crippen molar-refractivity contribution in [1.82, 2.24) is 9.97 Å². The third-order valence-corrected chi connectivity index (χ3v) is 3.79. The Balaban J connectivity index is 1.99. The summed E-state index contributed by atoms with van der Waals surface area (Å²) in [5.74, 6) is 0.648. The maximum atomic E-state index is 11.9. The molecular weight excluding hydrogens is 305 g/mol. The van der Waals surface area contributed by atoms with Crippen LogP contribution in [0.5, 0.6) is 0 Å². The zero-order valence-electron chi connectivity index (χ0n) is 11.3. The molecule has 0 unspecified atom stereocenters. The Hall–Kier alpha value is -1.61. The summed E-state index contributed by atoms with van der Waals surface area (Å²) in [7, 11) is 0. The molecule has 0 fully saturated rings. The van der Waals surface area contributed by atoms with Gasteiger partial charge < -0.3 is 15.8 Å². The number of ether oxygens (including phenoxy) is 1. The van der Waals surface area contributed by atoms with Gasteiger partial charge in [-0.25, -0.2) is 4.98 Å². The molecule has 0 aliphatic heterocycles. The topological polar surface area (TPSA) is 73.1 Å². The van der Waals surface area contributed by atoms with Crippen LogP contribution >= 0.6 is 11.3 Å². The number of nitrogens with zero attached hydrogens (tertiary/aromatic N) is 2. The van der Waals surface area contributed by atoms with Crippen molar-refractivity contribution in [3.05, 3.63) is 10.9 Å².